The molecule has 84 valence electrons. The number of halogens is 1. The molecular weight excluding hydrogens is 290 g/mol. The van der Waals surface area contributed by atoms with Crippen LogP contribution in [0.5, 0.6) is 0 Å². The number of hydrogen-bond donors (Lipinski definition) is 1. The van der Waals surface area contributed by atoms with E-state index in [0.29, 0.717) is 10.2 Å². The lowest BCUT2D eigenvalue weighted by Crippen LogP contribution is -2.08. The molecule has 1 rings (SSSR count). The van der Waals surface area contributed by atoms with Crippen molar-refractivity contribution in [1.29, 1.82) is 5.26 Å². The number of nitriles is 1. The number of carbonyl (C=O) groups excluding carboxylic acids is 1. The summed E-state index contributed by atoms with van der Waals surface area (Å²) < 4.78 is 4.89. The second kappa shape index (κ2) is 5.92. The molecule has 3 nitrogen and oxygen atoms in total. The van der Waals surface area contributed by atoms with Crippen LogP contribution in [-0.2, 0) is 10.1 Å². The normalized spacial score (nSPS) is 9.62. The van der Waals surface area contributed by atoms with Gasteiger partial charge in [-0.25, -0.2) is 4.79 Å². The van der Waals surface area contributed by atoms with E-state index in [9.17, 15) is 4.79 Å². The smallest absolute Gasteiger partial charge is 0.339 e. The summed E-state index contributed by atoms with van der Waals surface area (Å²) in [6.45, 7) is 2.00. The third kappa shape index (κ3) is 2.77. The minimum Gasteiger partial charge on any atom is -0.462 e. The van der Waals surface area contributed by atoms with Gasteiger partial charge < -0.3 is 4.74 Å². The standard InChI is InChI=1S/C11H10BrNO2S/c1-2-15-11(14)8-3-7(5-12)4-10(16)9(8)6-13/h3-4,16H,2,5H2,1H3. The van der Waals surface area contributed by atoms with Crippen LogP contribution in [0.1, 0.15) is 28.4 Å². The predicted molar refractivity (Wildman–Crippen MR) is 67.0 cm³/mol. The van der Waals surface area contributed by atoms with E-state index < -0.39 is 5.97 Å². The molecule has 0 aliphatic rings. The van der Waals surface area contributed by atoms with E-state index in [-0.39, 0.29) is 17.7 Å². The molecule has 0 atom stereocenters. The SMILES string of the molecule is CCOC(=O)c1cc(CBr)cc(S)c1C#N. The van der Waals surface area contributed by atoms with E-state index in [2.05, 4.69) is 28.6 Å². The summed E-state index contributed by atoms with van der Waals surface area (Å²) in [5.74, 6) is -0.489. The second-order valence-corrected chi connectivity index (χ2v) is 4.05. The highest BCUT2D eigenvalue weighted by Gasteiger charge is 2.16. The van der Waals surface area contributed by atoms with Crippen molar-refractivity contribution < 1.29 is 9.53 Å². The molecule has 16 heavy (non-hydrogen) atoms. The van der Waals surface area contributed by atoms with Gasteiger partial charge in [0.25, 0.3) is 0 Å². The monoisotopic (exact) mass is 299 g/mol. The van der Waals surface area contributed by atoms with Gasteiger partial charge in [-0.15, -0.1) is 12.6 Å². The van der Waals surface area contributed by atoms with Gasteiger partial charge in [-0.3, -0.25) is 0 Å². The molecule has 0 aliphatic heterocycles. The zero-order valence-electron chi connectivity index (χ0n) is 8.66. The molecule has 0 aliphatic carbocycles. The van der Waals surface area contributed by atoms with E-state index in [4.69, 9.17) is 10.00 Å². The predicted octanol–water partition coefficient (Wildman–Crippen LogP) is 2.92. The van der Waals surface area contributed by atoms with Crippen LogP contribution in [0.15, 0.2) is 17.0 Å². The lowest BCUT2D eigenvalue weighted by molar-refractivity contribution is 0.0525. The summed E-state index contributed by atoms with van der Waals surface area (Å²) in [6, 6.07) is 5.35. The minimum atomic E-state index is -0.489. The molecule has 0 amide bonds. The summed E-state index contributed by atoms with van der Waals surface area (Å²) in [5.41, 5.74) is 1.41. The molecule has 0 heterocycles. The van der Waals surface area contributed by atoms with Gasteiger partial charge in [0.2, 0.25) is 0 Å². The lowest BCUT2D eigenvalue weighted by Gasteiger charge is -2.07. The van der Waals surface area contributed by atoms with Gasteiger partial charge in [0.05, 0.1) is 17.7 Å². The Morgan fingerprint density at radius 1 is 1.62 bits per heavy atom. The van der Waals surface area contributed by atoms with Crippen molar-refractivity contribution in [3.8, 4) is 6.07 Å². The number of alkyl halides is 1. The molecule has 0 fully saturated rings. The molecule has 0 spiro atoms. The number of hydrogen-bond acceptors (Lipinski definition) is 4. The van der Waals surface area contributed by atoms with Crippen LogP contribution in [0.25, 0.3) is 0 Å². The Balaban J connectivity index is 3.29. The van der Waals surface area contributed by atoms with E-state index in [0.717, 1.165) is 5.56 Å². The van der Waals surface area contributed by atoms with Crippen LogP contribution in [0, 0.1) is 11.3 Å². The Kier molecular flexibility index (Phi) is 4.84. The van der Waals surface area contributed by atoms with Crippen LogP contribution in [0.3, 0.4) is 0 Å². The lowest BCUT2D eigenvalue weighted by atomic mass is 10.1. The highest BCUT2D eigenvalue weighted by atomic mass is 79.9. The zero-order valence-corrected chi connectivity index (χ0v) is 11.1. The summed E-state index contributed by atoms with van der Waals surface area (Å²) in [5, 5.41) is 9.56. The molecule has 0 aromatic heterocycles. The van der Waals surface area contributed by atoms with Crippen molar-refractivity contribution in [2.75, 3.05) is 6.61 Å². The summed E-state index contributed by atoms with van der Waals surface area (Å²) in [7, 11) is 0. The zero-order chi connectivity index (χ0) is 12.1. The van der Waals surface area contributed by atoms with Gasteiger partial charge in [0.1, 0.15) is 6.07 Å². The van der Waals surface area contributed by atoms with E-state index in [1.165, 1.54) is 0 Å². The fraction of sp³-hybridized carbons (Fsp3) is 0.273. The van der Waals surface area contributed by atoms with Crippen LogP contribution in [0.2, 0.25) is 0 Å². The van der Waals surface area contributed by atoms with Gasteiger partial charge in [-0.2, -0.15) is 5.26 Å². The average molecular weight is 300 g/mol. The number of ether oxygens (including phenoxy) is 1. The summed E-state index contributed by atoms with van der Waals surface area (Å²) in [6.07, 6.45) is 0. The fourth-order valence-electron chi connectivity index (χ4n) is 1.25. The Hall–Kier alpha value is -0.990. The topological polar surface area (TPSA) is 50.1 Å². The van der Waals surface area contributed by atoms with Gasteiger partial charge in [-0.1, -0.05) is 15.9 Å². The molecule has 0 saturated carbocycles. The van der Waals surface area contributed by atoms with Gasteiger partial charge in [-0.05, 0) is 24.6 Å². The summed E-state index contributed by atoms with van der Waals surface area (Å²) in [4.78, 5) is 12.1. The average Bonchev–Trinajstić information content (AvgIpc) is 2.28. The van der Waals surface area contributed by atoms with Crippen LogP contribution < -0.4 is 0 Å². The van der Waals surface area contributed by atoms with Crippen molar-refractivity contribution in [3.05, 3.63) is 28.8 Å². The minimum absolute atomic E-state index is 0.256. The molecule has 0 unspecified atom stereocenters. The Bertz CT molecular complexity index is 454. The van der Waals surface area contributed by atoms with Crippen molar-refractivity contribution >= 4 is 34.5 Å². The van der Waals surface area contributed by atoms with Crippen LogP contribution in [-0.4, -0.2) is 12.6 Å². The quantitative estimate of drug-likeness (QED) is 0.530. The third-order valence-corrected chi connectivity index (χ3v) is 2.94. The number of esters is 1. The molecular formula is C11H10BrNO2S. The third-order valence-electron chi connectivity index (χ3n) is 1.94. The highest BCUT2D eigenvalue weighted by Crippen LogP contribution is 2.22. The number of benzene rings is 1. The van der Waals surface area contributed by atoms with Gasteiger partial charge in [0.15, 0.2) is 0 Å². The maximum atomic E-state index is 11.6. The van der Waals surface area contributed by atoms with Crippen molar-refractivity contribution in [2.45, 2.75) is 17.1 Å². The van der Waals surface area contributed by atoms with Crippen LogP contribution in [0.4, 0.5) is 0 Å². The van der Waals surface area contributed by atoms with Crippen LogP contribution >= 0.6 is 28.6 Å². The first-order valence-corrected chi connectivity index (χ1v) is 6.20. The molecule has 1 aromatic rings. The molecule has 0 radical (unpaired) electrons. The first-order valence-electron chi connectivity index (χ1n) is 4.63. The Labute approximate surface area is 108 Å². The largest absolute Gasteiger partial charge is 0.462 e. The number of thiol groups is 1. The molecule has 0 N–H and O–H groups in total. The highest BCUT2D eigenvalue weighted by molar-refractivity contribution is 9.08. The summed E-state index contributed by atoms with van der Waals surface area (Å²) >= 11 is 7.47. The van der Waals surface area contributed by atoms with Crippen molar-refractivity contribution in [3.63, 3.8) is 0 Å². The molecule has 1 aromatic carbocycles. The molecule has 5 heteroatoms. The first kappa shape index (κ1) is 13.1. The van der Waals surface area contributed by atoms with Gasteiger partial charge >= 0.3 is 5.97 Å². The van der Waals surface area contributed by atoms with E-state index >= 15 is 0 Å². The maximum absolute atomic E-state index is 11.6. The van der Waals surface area contributed by atoms with E-state index in [1.54, 1.807) is 19.1 Å². The number of nitrogens with zero attached hydrogens (tertiary/aromatic N) is 1. The fourth-order valence-corrected chi connectivity index (χ4v) is 1.91. The first-order chi connectivity index (χ1) is 7.63. The molecule has 0 bridgehead atoms. The van der Waals surface area contributed by atoms with Crippen molar-refractivity contribution in [2.24, 2.45) is 0 Å². The second-order valence-electron chi connectivity index (χ2n) is 3.00. The molecule has 0 saturated heterocycles. The Morgan fingerprint density at radius 3 is 2.81 bits per heavy atom. The Morgan fingerprint density at radius 2 is 2.31 bits per heavy atom. The van der Waals surface area contributed by atoms with Crippen molar-refractivity contribution in [1.82, 2.24) is 0 Å². The maximum Gasteiger partial charge on any atom is 0.339 e. The van der Waals surface area contributed by atoms with Gasteiger partial charge in [0, 0.05) is 10.2 Å². The number of rotatable bonds is 3. The van der Waals surface area contributed by atoms with E-state index in [1.807, 2.05) is 6.07 Å². The number of carbonyl (C=O) groups is 1.